The van der Waals surface area contributed by atoms with E-state index >= 15 is 0 Å². The zero-order valence-electron chi connectivity index (χ0n) is 11.8. The second-order valence-electron chi connectivity index (χ2n) is 5.05. The Kier molecular flexibility index (Phi) is 2.64. The van der Waals surface area contributed by atoms with E-state index in [0.717, 1.165) is 32.4 Å². The van der Waals surface area contributed by atoms with Gasteiger partial charge in [0.2, 0.25) is 0 Å². The van der Waals surface area contributed by atoms with Crippen molar-refractivity contribution in [1.29, 1.82) is 0 Å². The highest BCUT2D eigenvalue weighted by Crippen LogP contribution is 2.16. The molecule has 0 fully saturated rings. The van der Waals surface area contributed by atoms with Gasteiger partial charge in [0.1, 0.15) is 0 Å². The topological polar surface area (TPSA) is 86.0 Å². The number of rotatable bonds is 1. The molecule has 0 atom stereocenters. The minimum Gasteiger partial charge on any atom is -0.305 e. The van der Waals surface area contributed by atoms with Gasteiger partial charge >= 0.3 is 5.69 Å². The molecule has 7 nitrogen and oxygen atoms in total. The summed E-state index contributed by atoms with van der Waals surface area (Å²) in [5.74, 6) is 0.591. The third kappa shape index (κ3) is 1.83. The Bertz CT molecular complexity index is 1040. The highest BCUT2D eigenvalue weighted by molar-refractivity contribution is 5.74. The van der Waals surface area contributed by atoms with Crippen molar-refractivity contribution in [2.24, 2.45) is 9.98 Å². The summed E-state index contributed by atoms with van der Waals surface area (Å²) in [6.07, 6.45) is 6.52. The minimum absolute atomic E-state index is 0.124. The molecule has 0 unspecified atom stereocenters. The van der Waals surface area contributed by atoms with Crippen LogP contribution in [0.3, 0.4) is 0 Å². The number of nitrogens with one attached hydrogen (secondary N) is 1. The molecule has 7 heteroatoms. The average Bonchev–Trinajstić information content (AvgIpc) is 3.04. The van der Waals surface area contributed by atoms with Crippen molar-refractivity contribution in [3.8, 4) is 0 Å². The number of hydroxylamine groups is 2. The Labute approximate surface area is 124 Å². The maximum absolute atomic E-state index is 11.8. The van der Waals surface area contributed by atoms with Crippen molar-refractivity contribution in [2.75, 3.05) is 0 Å². The lowest BCUT2D eigenvalue weighted by molar-refractivity contribution is 0.0105. The number of fused-ring (bicyclic) bond motifs is 2. The smallest absolute Gasteiger partial charge is 0.305 e. The van der Waals surface area contributed by atoms with Crippen molar-refractivity contribution in [3.05, 3.63) is 69.3 Å². The molecule has 0 spiro atoms. The SMILES string of the molecule is CCn1c(=O)[nH]c2cc3c(cc21)=NC(=C1C=CN(O)C=C1)N=3. The van der Waals surface area contributed by atoms with Gasteiger partial charge in [-0.3, -0.25) is 9.77 Å². The van der Waals surface area contributed by atoms with Crippen LogP contribution < -0.4 is 16.4 Å². The maximum Gasteiger partial charge on any atom is 0.326 e. The largest absolute Gasteiger partial charge is 0.326 e. The van der Waals surface area contributed by atoms with Crippen molar-refractivity contribution >= 4 is 11.0 Å². The molecule has 0 saturated carbocycles. The van der Waals surface area contributed by atoms with Gasteiger partial charge < -0.3 is 4.98 Å². The van der Waals surface area contributed by atoms with Gasteiger partial charge in [-0.15, -0.1) is 0 Å². The molecule has 4 rings (SSSR count). The standard InChI is InChI=1S/C15H13N5O2/c1-2-20-13-8-11-10(7-12(13)18-15(20)21)16-14(17-11)9-3-5-19(22)6-4-9/h3-8,22H,2H2,1H3,(H,18,21). The quantitative estimate of drug-likeness (QED) is 0.805. The number of allylic oxidation sites excluding steroid dienone is 3. The van der Waals surface area contributed by atoms with E-state index in [1.54, 1.807) is 16.7 Å². The third-order valence-electron chi connectivity index (χ3n) is 3.71. The average molecular weight is 295 g/mol. The van der Waals surface area contributed by atoms with E-state index in [0.29, 0.717) is 12.4 Å². The highest BCUT2D eigenvalue weighted by atomic mass is 16.5. The number of aromatic nitrogens is 2. The Morgan fingerprint density at radius 2 is 1.86 bits per heavy atom. The van der Waals surface area contributed by atoms with Crippen LogP contribution in [-0.4, -0.2) is 19.8 Å². The molecule has 110 valence electrons. The lowest BCUT2D eigenvalue weighted by Gasteiger charge is -2.09. The van der Waals surface area contributed by atoms with Crippen LogP contribution in [0.4, 0.5) is 0 Å². The molecule has 3 heterocycles. The van der Waals surface area contributed by atoms with Gasteiger partial charge in [0.15, 0.2) is 5.82 Å². The fourth-order valence-electron chi connectivity index (χ4n) is 2.62. The minimum atomic E-state index is -0.124. The molecular formula is C15H13N5O2. The lowest BCUT2D eigenvalue weighted by Crippen LogP contribution is -2.21. The molecule has 0 aliphatic carbocycles. The molecule has 2 aliphatic heterocycles. The zero-order chi connectivity index (χ0) is 15.3. The molecule has 0 saturated heterocycles. The summed E-state index contributed by atoms with van der Waals surface area (Å²) in [5, 5.41) is 11.7. The first-order valence-electron chi connectivity index (χ1n) is 6.93. The molecular weight excluding hydrogens is 282 g/mol. The Morgan fingerprint density at radius 1 is 1.18 bits per heavy atom. The normalized spacial score (nSPS) is 16.2. The number of nitrogens with zero attached hydrogens (tertiary/aromatic N) is 4. The van der Waals surface area contributed by atoms with Gasteiger partial charge in [0, 0.05) is 24.5 Å². The van der Waals surface area contributed by atoms with E-state index in [-0.39, 0.29) is 5.69 Å². The predicted molar refractivity (Wildman–Crippen MR) is 79.5 cm³/mol. The van der Waals surface area contributed by atoms with Crippen LogP contribution >= 0.6 is 0 Å². The summed E-state index contributed by atoms with van der Waals surface area (Å²) in [6, 6.07) is 3.71. The number of benzene rings is 1. The van der Waals surface area contributed by atoms with Gasteiger partial charge in [0.05, 0.1) is 21.7 Å². The van der Waals surface area contributed by atoms with Crippen LogP contribution in [0.5, 0.6) is 0 Å². The third-order valence-corrected chi connectivity index (χ3v) is 3.71. The highest BCUT2D eigenvalue weighted by Gasteiger charge is 2.12. The van der Waals surface area contributed by atoms with Crippen LogP contribution in [0.1, 0.15) is 6.92 Å². The van der Waals surface area contributed by atoms with E-state index in [9.17, 15) is 10.0 Å². The molecule has 0 radical (unpaired) electrons. The van der Waals surface area contributed by atoms with E-state index in [4.69, 9.17) is 0 Å². The zero-order valence-corrected chi connectivity index (χ0v) is 11.8. The summed E-state index contributed by atoms with van der Waals surface area (Å²) < 4.78 is 1.67. The monoisotopic (exact) mass is 295 g/mol. The van der Waals surface area contributed by atoms with E-state index < -0.39 is 0 Å². The number of aryl methyl sites for hydroxylation is 1. The summed E-state index contributed by atoms with van der Waals surface area (Å²) in [6.45, 7) is 2.52. The van der Waals surface area contributed by atoms with Gasteiger partial charge in [-0.2, -0.15) is 0 Å². The summed E-state index contributed by atoms with van der Waals surface area (Å²) >= 11 is 0. The van der Waals surface area contributed by atoms with Gasteiger partial charge in [-0.1, -0.05) is 0 Å². The van der Waals surface area contributed by atoms with Crippen molar-refractivity contribution in [2.45, 2.75) is 13.5 Å². The molecule has 2 N–H and O–H groups in total. The van der Waals surface area contributed by atoms with Crippen LogP contribution in [0.25, 0.3) is 11.0 Å². The first kappa shape index (κ1) is 12.8. The van der Waals surface area contributed by atoms with Crippen LogP contribution in [0.2, 0.25) is 0 Å². The number of H-pyrrole nitrogens is 1. The molecule has 2 aliphatic rings. The second-order valence-corrected chi connectivity index (χ2v) is 5.05. The Balaban J connectivity index is 1.94. The number of aromatic amines is 1. The molecule has 1 aromatic heterocycles. The maximum atomic E-state index is 11.8. The van der Waals surface area contributed by atoms with Crippen molar-refractivity contribution in [1.82, 2.24) is 14.6 Å². The molecule has 1 aromatic carbocycles. The van der Waals surface area contributed by atoms with Gasteiger partial charge in [0.25, 0.3) is 0 Å². The first-order valence-corrected chi connectivity index (χ1v) is 6.93. The number of imidazole rings is 1. The summed E-state index contributed by atoms with van der Waals surface area (Å²) in [4.78, 5) is 23.7. The van der Waals surface area contributed by atoms with Gasteiger partial charge in [-0.25, -0.2) is 19.8 Å². The van der Waals surface area contributed by atoms with E-state index in [1.807, 2.05) is 19.1 Å². The van der Waals surface area contributed by atoms with E-state index in [1.165, 1.54) is 12.4 Å². The molecule has 2 aromatic rings. The Morgan fingerprint density at radius 3 is 2.55 bits per heavy atom. The fourth-order valence-corrected chi connectivity index (χ4v) is 2.62. The van der Waals surface area contributed by atoms with Crippen LogP contribution in [0.15, 0.2) is 62.9 Å². The lowest BCUT2D eigenvalue weighted by atomic mass is 10.2. The molecule has 22 heavy (non-hydrogen) atoms. The number of hydrogen-bond donors (Lipinski definition) is 2. The second kappa shape index (κ2) is 4.54. The number of hydrogen-bond acceptors (Lipinski definition) is 5. The Hall–Kier alpha value is -2.93. The summed E-state index contributed by atoms with van der Waals surface area (Å²) in [7, 11) is 0. The first-order chi connectivity index (χ1) is 10.7. The van der Waals surface area contributed by atoms with Crippen molar-refractivity contribution < 1.29 is 5.21 Å². The molecule has 0 amide bonds. The van der Waals surface area contributed by atoms with Crippen LogP contribution in [0, 0.1) is 0 Å². The fraction of sp³-hybridized carbons (Fsp3) is 0.133. The molecule has 0 bridgehead atoms. The van der Waals surface area contributed by atoms with Crippen molar-refractivity contribution in [3.63, 3.8) is 0 Å². The summed E-state index contributed by atoms with van der Waals surface area (Å²) in [5.41, 5.74) is 2.28. The van der Waals surface area contributed by atoms with Gasteiger partial charge in [-0.05, 0) is 31.2 Å². The predicted octanol–water partition coefficient (Wildman–Crippen LogP) is 0.546. The van der Waals surface area contributed by atoms with E-state index in [2.05, 4.69) is 15.0 Å². The van der Waals surface area contributed by atoms with Crippen LogP contribution in [-0.2, 0) is 6.54 Å².